The first kappa shape index (κ1) is 22.3. The molecule has 1 heterocycles. The van der Waals surface area contributed by atoms with E-state index in [-0.39, 0.29) is 24.0 Å². The van der Waals surface area contributed by atoms with Crippen LogP contribution in [0.15, 0.2) is 64.3 Å². The van der Waals surface area contributed by atoms with Crippen LogP contribution in [0.25, 0.3) is 0 Å². The van der Waals surface area contributed by atoms with Crippen LogP contribution in [-0.2, 0) is 22.4 Å². The number of thiazole rings is 1. The highest BCUT2D eigenvalue weighted by molar-refractivity contribution is 8.01. The Bertz CT molecular complexity index is 962. The number of benzene rings is 2. The number of nitrogens with one attached hydrogen (secondary N) is 2. The molecule has 3 aromatic rings. The fourth-order valence-corrected chi connectivity index (χ4v) is 4.46. The first-order valence-corrected chi connectivity index (χ1v) is 11.8. The minimum absolute atomic E-state index is 0.0367. The topological polar surface area (TPSA) is 71.1 Å². The average molecular weight is 460 g/mol. The second kappa shape index (κ2) is 11.7. The van der Waals surface area contributed by atoms with E-state index in [0.717, 1.165) is 22.9 Å². The molecule has 0 unspecified atom stereocenters. The molecule has 0 spiro atoms. The molecule has 0 fully saturated rings. The maximum absolute atomic E-state index is 12.1. The van der Waals surface area contributed by atoms with Crippen molar-refractivity contribution in [2.75, 3.05) is 17.6 Å². The predicted octanol–water partition coefficient (Wildman–Crippen LogP) is 4.82. The largest absolute Gasteiger partial charge is 0.356 e. The quantitative estimate of drug-likeness (QED) is 0.337. The molecule has 5 nitrogen and oxygen atoms in total. The van der Waals surface area contributed by atoms with Gasteiger partial charge < -0.3 is 10.6 Å². The number of nitrogens with zero attached hydrogens (tertiary/aromatic N) is 1. The van der Waals surface area contributed by atoms with Gasteiger partial charge in [-0.15, -0.1) is 11.3 Å². The monoisotopic (exact) mass is 459 g/mol. The molecule has 156 valence electrons. The summed E-state index contributed by atoms with van der Waals surface area (Å²) in [5.41, 5.74) is 2.70. The lowest BCUT2D eigenvalue weighted by molar-refractivity contribution is -0.120. The molecule has 0 aliphatic rings. The number of hydrogen-bond acceptors (Lipinski definition) is 5. The highest BCUT2D eigenvalue weighted by Gasteiger charge is 2.10. The number of thioether (sulfide) groups is 1. The van der Waals surface area contributed by atoms with Crippen LogP contribution >= 0.6 is 34.7 Å². The summed E-state index contributed by atoms with van der Waals surface area (Å²) in [6.45, 7) is 0.643. The third-order valence-corrected chi connectivity index (χ3v) is 6.46. The number of amides is 2. The molecule has 0 bridgehead atoms. The van der Waals surface area contributed by atoms with E-state index in [0.29, 0.717) is 17.3 Å². The van der Waals surface area contributed by atoms with Crippen LogP contribution in [0.1, 0.15) is 17.7 Å². The maximum atomic E-state index is 12.1. The number of rotatable bonds is 10. The second-order valence-electron chi connectivity index (χ2n) is 6.56. The molecule has 8 heteroatoms. The van der Waals surface area contributed by atoms with Crippen LogP contribution in [0.2, 0.25) is 5.02 Å². The Morgan fingerprint density at radius 1 is 1.03 bits per heavy atom. The Hall–Kier alpha value is -2.35. The van der Waals surface area contributed by atoms with E-state index >= 15 is 0 Å². The molecular formula is C22H22ClN3O2S2. The first-order valence-electron chi connectivity index (χ1n) is 9.52. The number of aromatic nitrogens is 1. The van der Waals surface area contributed by atoms with Crippen LogP contribution in [0.3, 0.4) is 0 Å². The highest BCUT2D eigenvalue weighted by atomic mass is 35.5. The molecule has 3 rings (SSSR count). The number of anilines is 1. The number of halogens is 1. The smallest absolute Gasteiger partial charge is 0.234 e. The van der Waals surface area contributed by atoms with E-state index in [4.69, 9.17) is 11.6 Å². The van der Waals surface area contributed by atoms with Crippen molar-refractivity contribution in [1.82, 2.24) is 10.3 Å². The summed E-state index contributed by atoms with van der Waals surface area (Å²) >= 11 is 8.63. The molecule has 2 aromatic carbocycles. The molecule has 0 radical (unpaired) electrons. The van der Waals surface area contributed by atoms with Crippen LogP contribution in [0.5, 0.6) is 0 Å². The Balaban J connectivity index is 1.34. The zero-order valence-corrected chi connectivity index (χ0v) is 18.7. The van der Waals surface area contributed by atoms with Gasteiger partial charge in [0.25, 0.3) is 0 Å². The third kappa shape index (κ3) is 7.82. The van der Waals surface area contributed by atoms with E-state index < -0.39 is 0 Å². The third-order valence-electron chi connectivity index (χ3n) is 4.13. The van der Waals surface area contributed by atoms with Gasteiger partial charge in [-0.1, -0.05) is 53.7 Å². The Morgan fingerprint density at radius 3 is 2.57 bits per heavy atom. The van der Waals surface area contributed by atoms with Gasteiger partial charge in [-0.3, -0.25) is 9.59 Å². The van der Waals surface area contributed by atoms with Crippen molar-refractivity contribution in [3.8, 4) is 0 Å². The van der Waals surface area contributed by atoms with Crippen LogP contribution in [0.4, 0.5) is 5.69 Å². The van der Waals surface area contributed by atoms with Gasteiger partial charge in [0.2, 0.25) is 11.8 Å². The minimum atomic E-state index is -0.116. The van der Waals surface area contributed by atoms with Gasteiger partial charge >= 0.3 is 0 Å². The number of carbonyl (C=O) groups excluding carboxylic acids is 2. The summed E-state index contributed by atoms with van der Waals surface area (Å²) in [5.74, 6) is 0.0991. The van der Waals surface area contributed by atoms with Crippen LogP contribution < -0.4 is 10.6 Å². The summed E-state index contributed by atoms with van der Waals surface area (Å²) in [4.78, 5) is 28.6. The predicted molar refractivity (Wildman–Crippen MR) is 124 cm³/mol. The maximum Gasteiger partial charge on any atom is 0.234 e. The van der Waals surface area contributed by atoms with Gasteiger partial charge in [-0.25, -0.2) is 4.98 Å². The Labute approximate surface area is 189 Å². The summed E-state index contributed by atoms with van der Waals surface area (Å²) in [7, 11) is 0. The number of hydrogen-bond donors (Lipinski definition) is 2. The van der Waals surface area contributed by atoms with Crippen molar-refractivity contribution in [1.29, 1.82) is 0 Å². The summed E-state index contributed by atoms with van der Waals surface area (Å²) in [5, 5.41) is 8.24. The Kier molecular flexibility index (Phi) is 8.74. The fourth-order valence-electron chi connectivity index (χ4n) is 2.69. The van der Waals surface area contributed by atoms with Gasteiger partial charge in [0, 0.05) is 22.6 Å². The molecule has 0 atom stereocenters. The van der Waals surface area contributed by atoms with Gasteiger partial charge in [0.1, 0.15) is 0 Å². The summed E-state index contributed by atoms with van der Waals surface area (Å²) in [6.07, 6.45) is 2.09. The van der Waals surface area contributed by atoms with Gasteiger partial charge in [-0.05, 0) is 42.7 Å². The van der Waals surface area contributed by atoms with E-state index in [1.54, 1.807) is 24.3 Å². The highest BCUT2D eigenvalue weighted by Crippen LogP contribution is 2.23. The second-order valence-corrected chi connectivity index (χ2v) is 9.08. The first-order chi connectivity index (χ1) is 14.6. The van der Waals surface area contributed by atoms with Gasteiger partial charge in [0.05, 0.1) is 17.9 Å². The molecule has 0 saturated heterocycles. The molecule has 1 aromatic heterocycles. The minimum Gasteiger partial charge on any atom is -0.356 e. The van der Waals surface area contributed by atoms with Crippen molar-refractivity contribution in [3.63, 3.8) is 0 Å². The van der Waals surface area contributed by atoms with Crippen LogP contribution in [-0.4, -0.2) is 29.1 Å². The zero-order valence-electron chi connectivity index (χ0n) is 16.3. The lowest BCUT2D eigenvalue weighted by atomic mass is 10.1. The zero-order chi connectivity index (χ0) is 21.2. The summed E-state index contributed by atoms with van der Waals surface area (Å²) < 4.78 is 0.771. The number of aryl methyl sites for hydroxylation is 1. The normalized spacial score (nSPS) is 10.6. The van der Waals surface area contributed by atoms with E-state index in [1.165, 1.54) is 28.7 Å². The molecule has 2 N–H and O–H groups in total. The van der Waals surface area contributed by atoms with Gasteiger partial charge in [0.15, 0.2) is 4.34 Å². The van der Waals surface area contributed by atoms with Crippen LogP contribution in [0, 0.1) is 0 Å². The van der Waals surface area contributed by atoms with E-state index in [1.807, 2.05) is 23.6 Å². The average Bonchev–Trinajstić information content (AvgIpc) is 3.19. The van der Waals surface area contributed by atoms with Crippen molar-refractivity contribution < 1.29 is 9.59 Å². The van der Waals surface area contributed by atoms with Crippen molar-refractivity contribution in [2.24, 2.45) is 0 Å². The van der Waals surface area contributed by atoms with E-state index in [9.17, 15) is 9.59 Å². The van der Waals surface area contributed by atoms with E-state index in [2.05, 4.69) is 27.8 Å². The van der Waals surface area contributed by atoms with Crippen molar-refractivity contribution in [3.05, 3.63) is 76.3 Å². The Morgan fingerprint density at radius 2 is 1.80 bits per heavy atom. The SMILES string of the molecule is O=C(Cc1csc(SCC(=O)Nc2ccc(Cl)cc2)n1)NCCCc1ccccc1. The summed E-state index contributed by atoms with van der Waals surface area (Å²) in [6, 6.07) is 17.2. The van der Waals surface area contributed by atoms with Crippen molar-refractivity contribution >= 4 is 52.2 Å². The lowest BCUT2D eigenvalue weighted by Gasteiger charge is -2.04. The molecule has 0 aliphatic carbocycles. The molecule has 0 aliphatic heterocycles. The standard InChI is InChI=1S/C22H22ClN3O2S2/c23-17-8-10-18(11-9-17)25-21(28)15-30-22-26-19(14-29-22)13-20(27)24-12-4-7-16-5-2-1-3-6-16/h1-3,5-6,8-11,14H,4,7,12-13,15H2,(H,24,27)(H,25,28). The molecule has 2 amide bonds. The number of carbonyl (C=O) groups is 2. The molecule has 0 saturated carbocycles. The molecular weight excluding hydrogens is 438 g/mol. The van der Waals surface area contributed by atoms with Gasteiger partial charge in [-0.2, -0.15) is 0 Å². The van der Waals surface area contributed by atoms with Crippen molar-refractivity contribution in [2.45, 2.75) is 23.6 Å². The molecule has 30 heavy (non-hydrogen) atoms. The lowest BCUT2D eigenvalue weighted by Crippen LogP contribution is -2.26. The fraction of sp³-hybridized carbons (Fsp3) is 0.227.